The normalized spacial score (nSPS) is 13.5. The first-order valence-electron chi connectivity index (χ1n) is 11.7. The van der Waals surface area contributed by atoms with Crippen LogP contribution in [0, 0.1) is 11.3 Å². The van der Waals surface area contributed by atoms with Gasteiger partial charge in [0.1, 0.15) is 6.07 Å². The highest BCUT2D eigenvalue weighted by molar-refractivity contribution is 9.10. The van der Waals surface area contributed by atoms with Crippen LogP contribution in [0.5, 0.6) is 0 Å². The third-order valence-corrected chi connectivity index (χ3v) is 6.62. The number of amides is 2. The predicted molar refractivity (Wildman–Crippen MR) is 141 cm³/mol. The van der Waals surface area contributed by atoms with Crippen LogP contribution in [-0.2, 0) is 26.2 Å². The summed E-state index contributed by atoms with van der Waals surface area (Å²) >= 11 is 3.35. The van der Waals surface area contributed by atoms with E-state index in [4.69, 9.17) is 5.26 Å². The van der Waals surface area contributed by atoms with Crippen molar-refractivity contribution < 1.29 is 9.59 Å². The molecule has 2 amide bonds. The second-order valence-corrected chi connectivity index (χ2v) is 9.69. The van der Waals surface area contributed by atoms with Crippen molar-refractivity contribution in [1.29, 1.82) is 5.26 Å². The molecule has 7 nitrogen and oxygen atoms in total. The summed E-state index contributed by atoms with van der Waals surface area (Å²) < 4.78 is 0.844. The fraction of sp³-hybridized carbons (Fsp3) is 0.138. The zero-order chi connectivity index (χ0) is 25.8. The molecule has 0 radical (unpaired) electrons. The molecular weight excluding hydrogens is 530 g/mol. The standard InChI is InChI=1S/C15H11N3O.C14H11BrN2O/c16-7-12-6-13-14(17-8-12)10-18(15(13)19)9-11-4-2-1-3-5-11;15-11-6-12-13(16-7-11)9-17(14(12)18)8-10-4-2-1-3-5-10/h1-6,8H,9-10H2;1-7H,8-9H2. The summed E-state index contributed by atoms with van der Waals surface area (Å²) in [4.78, 5) is 36.5. The summed E-state index contributed by atoms with van der Waals surface area (Å²) in [5.41, 5.74) is 5.52. The minimum atomic E-state index is -0.0524. The fourth-order valence-corrected chi connectivity index (χ4v) is 4.68. The first-order valence-corrected chi connectivity index (χ1v) is 12.5. The number of nitriles is 1. The van der Waals surface area contributed by atoms with E-state index in [9.17, 15) is 9.59 Å². The van der Waals surface area contributed by atoms with Crippen LogP contribution in [0.1, 0.15) is 48.8 Å². The van der Waals surface area contributed by atoms with Crippen LogP contribution in [0.15, 0.2) is 89.7 Å². The first kappa shape index (κ1) is 24.3. The summed E-state index contributed by atoms with van der Waals surface area (Å²) in [6.07, 6.45) is 3.25. The number of pyridine rings is 2. The van der Waals surface area contributed by atoms with Gasteiger partial charge in [0.25, 0.3) is 11.8 Å². The van der Waals surface area contributed by atoms with Crippen molar-refractivity contribution in [2.24, 2.45) is 0 Å². The fourth-order valence-electron chi connectivity index (χ4n) is 4.35. The van der Waals surface area contributed by atoms with Gasteiger partial charge in [-0.15, -0.1) is 0 Å². The Bertz CT molecular complexity index is 1500. The van der Waals surface area contributed by atoms with Gasteiger partial charge in [0.15, 0.2) is 0 Å². The Balaban J connectivity index is 0.000000152. The van der Waals surface area contributed by atoms with Gasteiger partial charge in [0.05, 0.1) is 41.2 Å². The summed E-state index contributed by atoms with van der Waals surface area (Å²) in [6.45, 7) is 2.30. The van der Waals surface area contributed by atoms with Gasteiger partial charge in [0, 0.05) is 30.0 Å². The highest BCUT2D eigenvalue weighted by Crippen LogP contribution is 2.25. The van der Waals surface area contributed by atoms with E-state index in [0.29, 0.717) is 42.9 Å². The zero-order valence-electron chi connectivity index (χ0n) is 19.8. The third-order valence-electron chi connectivity index (χ3n) is 6.19. The maximum Gasteiger partial charge on any atom is 0.256 e. The van der Waals surface area contributed by atoms with Gasteiger partial charge in [0.2, 0.25) is 0 Å². The Morgan fingerprint density at radius 1 is 0.757 bits per heavy atom. The lowest BCUT2D eigenvalue weighted by Gasteiger charge is -2.14. The molecule has 0 atom stereocenters. The number of hydrogen-bond acceptors (Lipinski definition) is 5. The van der Waals surface area contributed by atoms with Crippen molar-refractivity contribution in [2.75, 3.05) is 0 Å². The molecule has 4 heterocycles. The van der Waals surface area contributed by atoms with Gasteiger partial charge in [-0.2, -0.15) is 5.26 Å². The van der Waals surface area contributed by atoms with Crippen LogP contribution in [-0.4, -0.2) is 31.6 Å². The zero-order valence-corrected chi connectivity index (χ0v) is 21.4. The molecule has 37 heavy (non-hydrogen) atoms. The smallest absolute Gasteiger partial charge is 0.256 e. The number of halogens is 1. The largest absolute Gasteiger partial charge is 0.328 e. The number of carbonyl (C=O) groups is 2. The van der Waals surface area contributed by atoms with E-state index >= 15 is 0 Å². The van der Waals surface area contributed by atoms with Crippen molar-refractivity contribution in [3.05, 3.63) is 129 Å². The molecule has 0 bridgehead atoms. The summed E-state index contributed by atoms with van der Waals surface area (Å²) in [6, 6.07) is 25.3. The topological polar surface area (TPSA) is 90.2 Å². The second kappa shape index (κ2) is 10.7. The molecule has 2 aromatic carbocycles. The average Bonchev–Trinajstić information content (AvgIpc) is 3.40. The van der Waals surface area contributed by atoms with Gasteiger partial charge in [-0.3, -0.25) is 19.6 Å². The van der Waals surface area contributed by atoms with Crippen molar-refractivity contribution in [3.63, 3.8) is 0 Å². The Kier molecular flexibility index (Phi) is 7.06. The molecule has 0 N–H and O–H groups in total. The number of nitrogens with zero attached hydrogens (tertiary/aromatic N) is 5. The molecule has 2 aliphatic heterocycles. The molecule has 0 fully saturated rings. The van der Waals surface area contributed by atoms with E-state index in [1.165, 1.54) is 6.20 Å². The van der Waals surface area contributed by atoms with Crippen LogP contribution < -0.4 is 0 Å². The second-order valence-electron chi connectivity index (χ2n) is 8.77. The Morgan fingerprint density at radius 2 is 1.24 bits per heavy atom. The number of benzene rings is 2. The highest BCUT2D eigenvalue weighted by atomic mass is 79.9. The van der Waals surface area contributed by atoms with Gasteiger partial charge in [-0.25, -0.2) is 0 Å². The maximum absolute atomic E-state index is 12.2. The summed E-state index contributed by atoms with van der Waals surface area (Å²) in [5.74, 6) is 0.00565. The van der Waals surface area contributed by atoms with Gasteiger partial charge < -0.3 is 9.80 Å². The third kappa shape index (κ3) is 5.42. The predicted octanol–water partition coefficient (Wildman–Crippen LogP) is 5.11. The molecule has 0 spiro atoms. The van der Waals surface area contributed by atoms with Crippen LogP contribution in [0.25, 0.3) is 0 Å². The molecular formula is C29H22BrN5O2. The average molecular weight is 552 g/mol. The number of fused-ring (bicyclic) bond motifs is 2. The van der Waals surface area contributed by atoms with Crippen LogP contribution in [0.4, 0.5) is 0 Å². The molecule has 4 aromatic rings. The number of aromatic nitrogens is 2. The molecule has 0 aliphatic carbocycles. The van der Waals surface area contributed by atoms with Gasteiger partial charge in [-0.1, -0.05) is 60.7 Å². The number of carbonyl (C=O) groups excluding carboxylic acids is 2. The van der Waals surface area contributed by atoms with Crippen molar-refractivity contribution in [3.8, 4) is 6.07 Å². The molecule has 6 rings (SSSR count). The quantitative estimate of drug-likeness (QED) is 0.351. The lowest BCUT2D eigenvalue weighted by Crippen LogP contribution is -2.23. The minimum Gasteiger partial charge on any atom is -0.328 e. The van der Waals surface area contributed by atoms with Crippen molar-refractivity contribution in [2.45, 2.75) is 26.2 Å². The lowest BCUT2D eigenvalue weighted by molar-refractivity contribution is 0.0759. The summed E-state index contributed by atoms with van der Waals surface area (Å²) in [7, 11) is 0. The lowest BCUT2D eigenvalue weighted by atomic mass is 10.2. The van der Waals surface area contributed by atoms with E-state index in [0.717, 1.165) is 27.0 Å². The molecule has 2 aromatic heterocycles. The summed E-state index contributed by atoms with van der Waals surface area (Å²) in [5, 5.41) is 8.84. The van der Waals surface area contributed by atoms with E-state index in [-0.39, 0.29) is 11.8 Å². The Hall–Kier alpha value is -4.35. The van der Waals surface area contributed by atoms with Crippen LogP contribution >= 0.6 is 15.9 Å². The minimum absolute atomic E-state index is 0.0524. The first-order chi connectivity index (χ1) is 18.0. The highest BCUT2D eigenvalue weighted by Gasteiger charge is 2.29. The van der Waals surface area contributed by atoms with E-state index in [1.54, 1.807) is 17.2 Å². The molecule has 0 saturated carbocycles. The molecule has 0 saturated heterocycles. The number of hydrogen-bond donors (Lipinski definition) is 0. The van der Waals surface area contributed by atoms with E-state index in [2.05, 4.69) is 25.9 Å². The maximum atomic E-state index is 12.2. The molecule has 0 unspecified atom stereocenters. The van der Waals surface area contributed by atoms with E-state index in [1.807, 2.05) is 77.7 Å². The van der Waals surface area contributed by atoms with Gasteiger partial charge in [-0.05, 0) is 39.2 Å². The molecule has 182 valence electrons. The van der Waals surface area contributed by atoms with Crippen molar-refractivity contribution in [1.82, 2.24) is 19.8 Å². The van der Waals surface area contributed by atoms with Crippen LogP contribution in [0.3, 0.4) is 0 Å². The SMILES string of the molecule is N#Cc1cnc2c(c1)C(=O)N(Cc1ccccc1)C2.O=C1c2cc(Br)cnc2CN1Cc1ccccc1. The Morgan fingerprint density at radius 3 is 1.76 bits per heavy atom. The van der Waals surface area contributed by atoms with E-state index < -0.39 is 0 Å². The van der Waals surface area contributed by atoms with Crippen LogP contribution in [0.2, 0.25) is 0 Å². The van der Waals surface area contributed by atoms with Crippen molar-refractivity contribution >= 4 is 27.7 Å². The number of rotatable bonds is 4. The molecule has 8 heteroatoms. The monoisotopic (exact) mass is 551 g/mol. The Labute approximate surface area is 223 Å². The molecule has 2 aliphatic rings. The van der Waals surface area contributed by atoms with Gasteiger partial charge >= 0.3 is 0 Å².